The number of nitrogens with one attached hydrogen (secondary N) is 2. The molecule has 1 aliphatic heterocycles. The van der Waals surface area contributed by atoms with Crippen molar-refractivity contribution in [3.8, 4) is 5.75 Å². The number of fused-ring (bicyclic) bond motifs is 1. The third-order valence-electron chi connectivity index (χ3n) is 6.08. The van der Waals surface area contributed by atoms with Gasteiger partial charge in [-0.1, -0.05) is 36.4 Å². The number of Topliss-reactive ketones (excluding diaryl/α,β-unsaturated/α-hetero) is 1. The molecular weight excluding hydrogens is 391 g/mol. The lowest BCUT2D eigenvalue weighted by atomic mass is 9.78. The van der Waals surface area contributed by atoms with Crippen molar-refractivity contribution < 1.29 is 13.9 Å². The number of rotatable bonds is 3. The zero-order valence-corrected chi connectivity index (χ0v) is 17.2. The molecule has 5 heteroatoms. The SMILES string of the molecule is COc1ccc([C@H]2CC(=O)C3=C(C2)Nc2ccccc2N[C@H]3c2cccc(F)c2)cc1. The molecule has 0 bridgehead atoms. The molecule has 0 unspecified atom stereocenters. The van der Waals surface area contributed by atoms with Crippen molar-refractivity contribution in [2.24, 2.45) is 0 Å². The predicted octanol–water partition coefficient (Wildman–Crippen LogP) is 5.81. The van der Waals surface area contributed by atoms with Gasteiger partial charge in [-0.05, 0) is 59.9 Å². The van der Waals surface area contributed by atoms with Crippen LogP contribution in [-0.2, 0) is 4.79 Å². The summed E-state index contributed by atoms with van der Waals surface area (Å²) in [5.41, 5.74) is 5.23. The van der Waals surface area contributed by atoms with Gasteiger partial charge in [-0.3, -0.25) is 4.79 Å². The van der Waals surface area contributed by atoms with Crippen LogP contribution in [-0.4, -0.2) is 12.9 Å². The van der Waals surface area contributed by atoms with Crippen molar-refractivity contribution in [3.63, 3.8) is 0 Å². The summed E-state index contributed by atoms with van der Waals surface area (Å²) in [7, 11) is 1.64. The molecule has 3 aromatic rings. The summed E-state index contributed by atoms with van der Waals surface area (Å²) in [4.78, 5) is 13.5. The third kappa shape index (κ3) is 3.67. The Labute approximate surface area is 180 Å². The second kappa shape index (κ2) is 7.91. The molecule has 0 amide bonds. The van der Waals surface area contributed by atoms with Gasteiger partial charge < -0.3 is 15.4 Å². The Morgan fingerprint density at radius 1 is 0.903 bits per heavy atom. The van der Waals surface area contributed by atoms with E-state index in [-0.39, 0.29) is 17.5 Å². The minimum Gasteiger partial charge on any atom is -0.497 e. The van der Waals surface area contributed by atoms with Gasteiger partial charge in [0.05, 0.1) is 24.5 Å². The van der Waals surface area contributed by atoms with Gasteiger partial charge in [0.15, 0.2) is 5.78 Å². The van der Waals surface area contributed by atoms with Crippen LogP contribution in [0.2, 0.25) is 0 Å². The fourth-order valence-electron chi connectivity index (χ4n) is 4.54. The molecule has 2 aliphatic rings. The van der Waals surface area contributed by atoms with Crippen LogP contribution in [0, 0.1) is 5.82 Å². The summed E-state index contributed by atoms with van der Waals surface area (Å²) in [5, 5.41) is 6.98. The van der Waals surface area contributed by atoms with E-state index in [1.165, 1.54) is 12.1 Å². The molecule has 5 rings (SSSR count). The van der Waals surface area contributed by atoms with Crippen molar-refractivity contribution in [2.75, 3.05) is 17.7 Å². The summed E-state index contributed by atoms with van der Waals surface area (Å²) in [6.45, 7) is 0. The van der Waals surface area contributed by atoms with Gasteiger partial charge in [-0.25, -0.2) is 4.39 Å². The molecule has 0 aromatic heterocycles. The number of methoxy groups -OCH3 is 1. The molecule has 2 N–H and O–H groups in total. The Bertz CT molecular complexity index is 1170. The lowest BCUT2D eigenvalue weighted by molar-refractivity contribution is -0.116. The van der Waals surface area contributed by atoms with Gasteiger partial charge in [0.25, 0.3) is 0 Å². The average molecular weight is 414 g/mol. The maximum Gasteiger partial charge on any atom is 0.163 e. The van der Waals surface area contributed by atoms with Crippen molar-refractivity contribution in [1.82, 2.24) is 0 Å². The molecule has 2 atom stereocenters. The van der Waals surface area contributed by atoms with E-state index in [0.29, 0.717) is 18.4 Å². The van der Waals surface area contributed by atoms with E-state index in [1.807, 2.05) is 54.6 Å². The number of carbonyl (C=O) groups excluding carboxylic acids is 1. The van der Waals surface area contributed by atoms with Crippen LogP contribution in [0.3, 0.4) is 0 Å². The topological polar surface area (TPSA) is 50.4 Å². The van der Waals surface area contributed by atoms with Crippen molar-refractivity contribution in [1.29, 1.82) is 0 Å². The highest BCUT2D eigenvalue weighted by molar-refractivity contribution is 6.01. The highest BCUT2D eigenvalue weighted by atomic mass is 19.1. The maximum atomic E-state index is 14.0. The van der Waals surface area contributed by atoms with E-state index in [9.17, 15) is 9.18 Å². The molecule has 4 nitrogen and oxygen atoms in total. The van der Waals surface area contributed by atoms with Gasteiger partial charge in [0.1, 0.15) is 11.6 Å². The van der Waals surface area contributed by atoms with Gasteiger partial charge in [-0.2, -0.15) is 0 Å². The largest absolute Gasteiger partial charge is 0.497 e. The van der Waals surface area contributed by atoms with E-state index in [1.54, 1.807) is 13.2 Å². The van der Waals surface area contributed by atoms with Crippen LogP contribution >= 0.6 is 0 Å². The van der Waals surface area contributed by atoms with Crippen LogP contribution in [0.1, 0.15) is 35.9 Å². The lowest BCUT2D eigenvalue weighted by Crippen LogP contribution is -2.26. The number of anilines is 2. The van der Waals surface area contributed by atoms with Crippen LogP contribution < -0.4 is 15.4 Å². The zero-order valence-electron chi connectivity index (χ0n) is 17.2. The standard InChI is InChI=1S/C26H23FN2O2/c1-31-20-11-9-16(10-12-20)18-14-23-25(24(30)15-18)26(17-5-4-6-19(27)13-17)29-22-8-3-2-7-21(22)28-23/h2-13,18,26,28-29H,14-15H2,1H3/t18-,26+/m1/s1. The first-order valence-electron chi connectivity index (χ1n) is 10.4. The van der Waals surface area contributed by atoms with Gasteiger partial charge in [0, 0.05) is 17.7 Å². The Kier molecular flexibility index (Phi) is 4.94. The van der Waals surface area contributed by atoms with E-state index < -0.39 is 6.04 Å². The first-order chi connectivity index (χ1) is 15.1. The monoisotopic (exact) mass is 414 g/mol. The number of allylic oxidation sites excluding steroid dienone is 1. The second-order valence-corrected chi connectivity index (χ2v) is 8.00. The molecule has 0 spiro atoms. The number of para-hydroxylation sites is 2. The van der Waals surface area contributed by atoms with Gasteiger partial charge in [-0.15, -0.1) is 0 Å². The normalized spacial score (nSPS) is 20.1. The summed E-state index contributed by atoms with van der Waals surface area (Å²) in [6, 6.07) is 21.8. The van der Waals surface area contributed by atoms with Crippen LogP contribution in [0.5, 0.6) is 5.75 Å². The Morgan fingerprint density at radius 2 is 1.68 bits per heavy atom. The Balaban J connectivity index is 1.58. The number of hydrogen-bond donors (Lipinski definition) is 2. The number of benzene rings is 3. The maximum absolute atomic E-state index is 14.0. The quantitative estimate of drug-likeness (QED) is 0.568. The summed E-state index contributed by atoms with van der Waals surface area (Å²) < 4.78 is 19.3. The molecule has 0 fully saturated rings. The van der Waals surface area contributed by atoms with E-state index >= 15 is 0 Å². The van der Waals surface area contributed by atoms with Crippen LogP contribution in [0.15, 0.2) is 84.1 Å². The molecule has 156 valence electrons. The number of ketones is 1. The van der Waals surface area contributed by atoms with Crippen LogP contribution in [0.25, 0.3) is 0 Å². The van der Waals surface area contributed by atoms with Gasteiger partial charge in [0.2, 0.25) is 0 Å². The van der Waals surface area contributed by atoms with Gasteiger partial charge >= 0.3 is 0 Å². The second-order valence-electron chi connectivity index (χ2n) is 8.00. The number of hydrogen-bond acceptors (Lipinski definition) is 4. The molecule has 3 aromatic carbocycles. The first-order valence-corrected chi connectivity index (χ1v) is 10.4. The number of halogens is 1. The van der Waals surface area contributed by atoms with Crippen molar-refractivity contribution >= 4 is 17.2 Å². The number of carbonyl (C=O) groups is 1. The molecule has 0 saturated carbocycles. The lowest BCUT2D eigenvalue weighted by Gasteiger charge is -2.30. The predicted molar refractivity (Wildman–Crippen MR) is 120 cm³/mol. The van der Waals surface area contributed by atoms with Crippen molar-refractivity contribution in [2.45, 2.75) is 24.8 Å². The number of ether oxygens (including phenoxy) is 1. The minimum absolute atomic E-state index is 0.0723. The average Bonchev–Trinajstić information content (AvgIpc) is 2.96. The zero-order chi connectivity index (χ0) is 21.4. The summed E-state index contributed by atoms with van der Waals surface area (Å²) in [5.74, 6) is 0.626. The van der Waals surface area contributed by atoms with E-state index in [4.69, 9.17) is 4.74 Å². The summed E-state index contributed by atoms with van der Waals surface area (Å²) >= 11 is 0. The first kappa shape index (κ1) is 19.4. The minimum atomic E-state index is -0.411. The fourth-order valence-corrected chi connectivity index (χ4v) is 4.54. The smallest absolute Gasteiger partial charge is 0.163 e. The Morgan fingerprint density at radius 3 is 2.42 bits per heavy atom. The molecule has 1 heterocycles. The van der Waals surface area contributed by atoms with E-state index in [2.05, 4.69) is 10.6 Å². The Hall–Kier alpha value is -3.60. The highest BCUT2D eigenvalue weighted by Gasteiger charge is 2.36. The molecule has 0 saturated heterocycles. The molecule has 0 radical (unpaired) electrons. The fraction of sp³-hybridized carbons (Fsp3) is 0.192. The summed E-state index contributed by atoms with van der Waals surface area (Å²) in [6.07, 6.45) is 1.12. The third-order valence-corrected chi connectivity index (χ3v) is 6.08. The molecule has 1 aliphatic carbocycles. The van der Waals surface area contributed by atoms with E-state index in [0.717, 1.165) is 33.9 Å². The van der Waals surface area contributed by atoms with Crippen molar-refractivity contribution in [3.05, 3.63) is 101 Å². The highest BCUT2D eigenvalue weighted by Crippen LogP contribution is 2.44. The molecular formula is C26H23FN2O2. The van der Waals surface area contributed by atoms with Crippen LogP contribution in [0.4, 0.5) is 15.8 Å². The molecule has 31 heavy (non-hydrogen) atoms.